The Morgan fingerprint density at radius 3 is 2.86 bits per heavy atom. The highest BCUT2D eigenvalue weighted by Gasteiger charge is 2.17. The first-order valence-corrected chi connectivity index (χ1v) is 6.85. The molecule has 0 radical (unpaired) electrons. The quantitative estimate of drug-likeness (QED) is 0.788. The van der Waals surface area contributed by atoms with E-state index in [1.807, 2.05) is 19.9 Å². The molecule has 2 aromatic rings. The van der Waals surface area contributed by atoms with Gasteiger partial charge in [0.05, 0.1) is 18.5 Å². The van der Waals surface area contributed by atoms with Gasteiger partial charge < -0.3 is 15.8 Å². The number of aromatic amines is 1. The summed E-state index contributed by atoms with van der Waals surface area (Å²) in [6, 6.07) is 5.42. The molecule has 1 amide bonds. The number of nitrogens with one attached hydrogen (secondary N) is 2. The van der Waals surface area contributed by atoms with Crippen LogP contribution in [0.4, 0.5) is 11.4 Å². The van der Waals surface area contributed by atoms with Crippen molar-refractivity contribution in [1.29, 1.82) is 0 Å². The Kier molecular flexibility index (Phi) is 4.47. The number of hydrogen-bond donors (Lipinski definition) is 3. The second-order valence-electron chi connectivity index (χ2n) is 4.85. The molecule has 0 saturated carbocycles. The van der Waals surface area contributed by atoms with Gasteiger partial charge in [0.25, 0.3) is 5.91 Å². The zero-order chi connectivity index (χ0) is 15.4. The second kappa shape index (κ2) is 6.30. The van der Waals surface area contributed by atoms with Gasteiger partial charge in [0.1, 0.15) is 5.75 Å². The van der Waals surface area contributed by atoms with Crippen LogP contribution in [0.2, 0.25) is 0 Å². The van der Waals surface area contributed by atoms with E-state index >= 15 is 0 Å². The van der Waals surface area contributed by atoms with Gasteiger partial charge in [0.15, 0.2) is 5.69 Å². The van der Waals surface area contributed by atoms with Crippen molar-refractivity contribution < 1.29 is 9.53 Å². The number of hydrogen-bond acceptors (Lipinski definition) is 4. The SMILES string of the molecule is CCCc1[nH]nc(C(=O)Nc2ccc(OC)c(C)c2)c1N. The molecule has 1 aromatic carbocycles. The van der Waals surface area contributed by atoms with Gasteiger partial charge in [0.2, 0.25) is 0 Å². The molecule has 0 bridgehead atoms. The van der Waals surface area contributed by atoms with Gasteiger partial charge in [-0.15, -0.1) is 0 Å². The van der Waals surface area contributed by atoms with Crippen LogP contribution in [0.1, 0.15) is 35.1 Å². The third-order valence-corrected chi connectivity index (χ3v) is 3.25. The molecule has 4 N–H and O–H groups in total. The van der Waals surface area contributed by atoms with Crippen molar-refractivity contribution in [2.45, 2.75) is 26.7 Å². The number of benzene rings is 1. The fourth-order valence-corrected chi connectivity index (χ4v) is 2.15. The highest BCUT2D eigenvalue weighted by molar-refractivity contribution is 6.06. The van der Waals surface area contributed by atoms with Crippen LogP contribution < -0.4 is 15.8 Å². The van der Waals surface area contributed by atoms with Gasteiger partial charge in [-0.3, -0.25) is 9.89 Å². The molecular weight excluding hydrogens is 268 g/mol. The fourth-order valence-electron chi connectivity index (χ4n) is 2.15. The zero-order valence-corrected chi connectivity index (χ0v) is 12.5. The van der Waals surface area contributed by atoms with E-state index in [-0.39, 0.29) is 11.6 Å². The van der Waals surface area contributed by atoms with E-state index in [0.717, 1.165) is 29.8 Å². The normalized spacial score (nSPS) is 10.4. The van der Waals surface area contributed by atoms with Crippen molar-refractivity contribution in [2.24, 2.45) is 0 Å². The summed E-state index contributed by atoms with van der Waals surface area (Å²) >= 11 is 0. The minimum atomic E-state index is -0.323. The predicted octanol–water partition coefficient (Wildman–Crippen LogP) is 2.51. The molecule has 2 rings (SSSR count). The second-order valence-corrected chi connectivity index (χ2v) is 4.85. The number of H-pyrrole nitrogens is 1. The Morgan fingerprint density at radius 1 is 1.48 bits per heavy atom. The number of nitrogens with zero attached hydrogens (tertiary/aromatic N) is 1. The number of amides is 1. The minimum Gasteiger partial charge on any atom is -0.496 e. The van der Waals surface area contributed by atoms with Crippen molar-refractivity contribution in [1.82, 2.24) is 10.2 Å². The largest absolute Gasteiger partial charge is 0.496 e. The first-order valence-electron chi connectivity index (χ1n) is 6.85. The average Bonchev–Trinajstić information content (AvgIpc) is 2.81. The van der Waals surface area contributed by atoms with Gasteiger partial charge in [-0.2, -0.15) is 5.10 Å². The summed E-state index contributed by atoms with van der Waals surface area (Å²) < 4.78 is 5.19. The number of nitrogens with two attached hydrogens (primary N) is 1. The van der Waals surface area contributed by atoms with E-state index < -0.39 is 0 Å². The Hall–Kier alpha value is -2.50. The highest BCUT2D eigenvalue weighted by Crippen LogP contribution is 2.22. The van der Waals surface area contributed by atoms with E-state index in [4.69, 9.17) is 10.5 Å². The third kappa shape index (κ3) is 3.16. The average molecular weight is 288 g/mol. The van der Waals surface area contributed by atoms with Crippen molar-refractivity contribution in [2.75, 3.05) is 18.2 Å². The van der Waals surface area contributed by atoms with Gasteiger partial charge >= 0.3 is 0 Å². The minimum absolute atomic E-state index is 0.229. The molecule has 1 aromatic heterocycles. The number of nitrogen functional groups attached to an aromatic ring is 1. The predicted molar refractivity (Wildman–Crippen MR) is 82.7 cm³/mol. The maximum absolute atomic E-state index is 12.2. The van der Waals surface area contributed by atoms with E-state index in [9.17, 15) is 4.79 Å². The number of aryl methyl sites for hydroxylation is 2. The molecule has 0 atom stereocenters. The van der Waals surface area contributed by atoms with Crippen LogP contribution in [-0.2, 0) is 6.42 Å². The Balaban J connectivity index is 2.16. The zero-order valence-electron chi connectivity index (χ0n) is 12.5. The molecule has 0 saturated heterocycles. The molecule has 6 heteroatoms. The summed E-state index contributed by atoms with van der Waals surface area (Å²) in [5, 5.41) is 9.60. The summed E-state index contributed by atoms with van der Waals surface area (Å²) in [7, 11) is 1.61. The molecule has 1 heterocycles. The topological polar surface area (TPSA) is 93.0 Å². The van der Waals surface area contributed by atoms with Crippen molar-refractivity contribution >= 4 is 17.3 Å². The lowest BCUT2D eigenvalue weighted by molar-refractivity contribution is 0.102. The number of carbonyl (C=O) groups is 1. The van der Waals surface area contributed by atoms with Crippen LogP contribution in [0, 0.1) is 6.92 Å². The van der Waals surface area contributed by atoms with Gasteiger partial charge in [-0.1, -0.05) is 13.3 Å². The van der Waals surface area contributed by atoms with Crippen LogP contribution in [-0.4, -0.2) is 23.2 Å². The Labute approximate surface area is 123 Å². The number of aromatic nitrogens is 2. The van der Waals surface area contributed by atoms with Gasteiger partial charge in [0, 0.05) is 5.69 Å². The van der Waals surface area contributed by atoms with Crippen LogP contribution in [0.5, 0.6) is 5.75 Å². The molecule has 21 heavy (non-hydrogen) atoms. The summed E-state index contributed by atoms with van der Waals surface area (Å²) in [6.07, 6.45) is 1.71. The number of methoxy groups -OCH3 is 1. The van der Waals surface area contributed by atoms with Crippen molar-refractivity contribution in [3.05, 3.63) is 35.2 Å². The van der Waals surface area contributed by atoms with Crippen LogP contribution in [0.25, 0.3) is 0 Å². The summed E-state index contributed by atoms with van der Waals surface area (Å²) in [5.74, 6) is 0.452. The molecule has 0 aliphatic rings. The van der Waals surface area contributed by atoms with Crippen LogP contribution >= 0.6 is 0 Å². The standard InChI is InChI=1S/C15H20N4O2/c1-4-5-11-13(16)14(19-18-11)15(20)17-10-6-7-12(21-3)9(2)8-10/h6-8H,4-5,16H2,1-3H3,(H,17,20)(H,18,19). The summed E-state index contributed by atoms with van der Waals surface area (Å²) in [4.78, 5) is 12.2. The third-order valence-electron chi connectivity index (χ3n) is 3.25. The van der Waals surface area contributed by atoms with Crippen molar-refractivity contribution in [3.8, 4) is 5.75 Å². The van der Waals surface area contributed by atoms with Gasteiger partial charge in [-0.25, -0.2) is 0 Å². The molecular formula is C15H20N4O2. The Morgan fingerprint density at radius 2 is 2.24 bits per heavy atom. The fraction of sp³-hybridized carbons (Fsp3) is 0.333. The number of anilines is 2. The van der Waals surface area contributed by atoms with E-state index in [1.54, 1.807) is 19.2 Å². The highest BCUT2D eigenvalue weighted by atomic mass is 16.5. The first kappa shape index (κ1) is 14.9. The van der Waals surface area contributed by atoms with E-state index in [1.165, 1.54) is 0 Å². The summed E-state index contributed by atoms with van der Waals surface area (Å²) in [6.45, 7) is 3.96. The van der Waals surface area contributed by atoms with E-state index in [2.05, 4.69) is 15.5 Å². The van der Waals surface area contributed by atoms with E-state index in [0.29, 0.717) is 11.4 Å². The van der Waals surface area contributed by atoms with Crippen LogP contribution in [0.3, 0.4) is 0 Å². The van der Waals surface area contributed by atoms with Crippen LogP contribution in [0.15, 0.2) is 18.2 Å². The molecule has 0 aliphatic carbocycles. The monoisotopic (exact) mass is 288 g/mol. The lowest BCUT2D eigenvalue weighted by atomic mass is 10.2. The first-order chi connectivity index (χ1) is 10.1. The van der Waals surface area contributed by atoms with Gasteiger partial charge in [-0.05, 0) is 37.1 Å². The maximum atomic E-state index is 12.2. The Bertz CT molecular complexity index is 649. The summed E-state index contributed by atoms with van der Waals surface area (Å²) in [5.41, 5.74) is 9.01. The lowest BCUT2D eigenvalue weighted by Crippen LogP contribution is -2.14. The molecule has 0 spiro atoms. The maximum Gasteiger partial charge on any atom is 0.278 e. The molecule has 6 nitrogen and oxygen atoms in total. The van der Waals surface area contributed by atoms with Crippen molar-refractivity contribution in [3.63, 3.8) is 0 Å². The lowest BCUT2D eigenvalue weighted by Gasteiger charge is -2.08. The molecule has 0 fully saturated rings. The number of ether oxygens (including phenoxy) is 1. The number of rotatable bonds is 5. The molecule has 0 unspecified atom stereocenters. The smallest absolute Gasteiger partial charge is 0.278 e. The molecule has 112 valence electrons. The number of carbonyl (C=O) groups excluding carboxylic acids is 1. The molecule has 0 aliphatic heterocycles.